The Bertz CT molecular complexity index is 514. The summed E-state index contributed by atoms with van der Waals surface area (Å²) >= 11 is 0. The molecular formula is C12H9NO2. The van der Waals surface area contributed by atoms with Crippen LogP contribution in [0.15, 0.2) is 41.2 Å². The SMILES string of the molecule is O=C1NCc2c1cccc2-c1ccoc1. The first kappa shape index (κ1) is 8.29. The van der Waals surface area contributed by atoms with Gasteiger partial charge in [0, 0.05) is 17.7 Å². The van der Waals surface area contributed by atoms with E-state index in [1.807, 2.05) is 24.3 Å². The Morgan fingerprint density at radius 2 is 2.07 bits per heavy atom. The van der Waals surface area contributed by atoms with Gasteiger partial charge in [0.15, 0.2) is 0 Å². The standard InChI is InChI=1S/C12H9NO2/c14-12-10-3-1-2-9(11(10)6-13-12)8-4-5-15-7-8/h1-5,7H,6H2,(H,13,14). The summed E-state index contributed by atoms with van der Waals surface area (Å²) in [6.07, 6.45) is 3.33. The molecule has 1 aromatic carbocycles. The zero-order valence-electron chi connectivity index (χ0n) is 7.99. The fraction of sp³-hybridized carbons (Fsp3) is 0.0833. The van der Waals surface area contributed by atoms with Crippen molar-refractivity contribution < 1.29 is 9.21 Å². The first-order valence-corrected chi connectivity index (χ1v) is 4.79. The summed E-state index contributed by atoms with van der Waals surface area (Å²) in [7, 11) is 0. The van der Waals surface area contributed by atoms with Crippen LogP contribution < -0.4 is 5.32 Å². The van der Waals surface area contributed by atoms with Gasteiger partial charge in [-0.3, -0.25) is 4.79 Å². The summed E-state index contributed by atoms with van der Waals surface area (Å²) in [5, 5.41) is 2.82. The first-order valence-electron chi connectivity index (χ1n) is 4.79. The van der Waals surface area contributed by atoms with Gasteiger partial charge in [-0.2, -0.15) is 0 Å². The van der Waals surface area contributed by atoms with E-state index in [4.69, 9.17) is 4.42 Å². The molecule has 1 aliphatic rings. The van der Waals surface area contributed by atoms with E-state index >= 15 is 0 Å². The van der Waals surface area contributed by atoms with Crippen LogP contribution in [-0.2, 0) is 6.54 Å². The highest BCUT2D eigenvalue weighted by atomic mass is 16.3. The van der Waals surface area contributed by atoms with Crippen LogP contribution in [0.3, 0.4) is 0 Å². The van der Waals surface area contributed by atoms with Crippen molar-refractivity contribution in [3.63, 3.8) is 0 Å². The van der Waals surface area contributed by atoms with Crippen molar-refractivity contribution in [2.45, 2.75) is 6.54 Å². The Balaban J connectivity index is 2.23. The van der Waals surface area contributed by atoms with Gasteiger partial charge in [0.25, 0.3) is 5.91 Å². The molecule has 2 aromatic rings. The van der Waals surface area contributed by atoms with Crippen LogP contribution in [0.25, 0.3) is 11.1 Å². The molecule has 1 aromatic heterocycles. The van der Waals surface area contributed by atoms with Crippen molar-refractivity contribution in [2.24, 2.45) is 0 Å². The summed E-state index contributed by atoms with van der Waals surface area (Å²) in [5.41, 5.74) is 3.92. The number of hydrogen-bond acceptors (Lipinski definition) is 2. The lowest BCUT2D eigenvalue weighted by Gasteiger charge is -2.03. The zero-order chi connectivity index (χ0) is 10.3. The van der Waals surface area contributed by atoms with Crippen molar-refractivity contribution in [1.82, 2.24) is 5.32 Å². The molecule has 0 aliphatic carbocycles. The van der Waals surface area contributed by atoms with Gasteiger partial charge in [-0.25, -0.2) is 0 Å². The fourth-order valence-electron chi connectivity index (χ4n) is 1.94. The third-order valence-electron chi connectivity index (χ3n) is 2.68. The molecule has 3 heteroatoms. The minimum absolute atomic E-state index is 0.00958. The summed E-state index contributed by atoms with van der Waals surface area (Å²) in [6, 6.07) is 7.65. The summed E-state index contributed by atoms with van der Waals surface area (Å²) in [6.45, 7) is 0.607. The Hall–Kier alpha value is -2.03. The molecule has 74 valence electrons. The van der Waals surface area contributed by atoms with Gasteiger partial charge in [0.05, 0.1) is 12.5 Å². The van der Waals surface area contributed by atoms with Gasteiger partial charge < -0.3 is 9.73 Å². The van der Waals surface area contributed by atoms with E-state index in [0.29, 0.717) is 6.54 Å². The van der Waals surface area contributed by atoms with Gasteiger partial charge in [-0.15, -0.1) is 0 Å². The molecule has 0 spiro atoms. The number of furan rings is 1. The minimum Gasteiger partial charge on any atom is -0.472 e. The molecule has 1 N–H and O–H groups in total. The number of rotatable bonds is 1. The predicted molar refractivity (Wildman–Crippen MR) is 55.3 cm³/mol. The van der Waals surface area contributed by atoms with E-state index in [1.165, 1.54) is 0 Å². The van der Waals surface area contributed by atoms with Gasteiger partial charge in [0.2, 0.25) is 0 Å². The highest BCUT2D eigenvalue weighted by molar-refractivity contribution is 6.00. The monoisotopic (exact) mass is 199 g/mol. The minimum atomic E-state index is 0.00958. The highest BCUT2D eigenvalue weighted by Crippen LogP contribution is 2.29. The van der Waals surface area contributed by atoms with Gasteiger partial charge >= 0.3 is 0 Å². The number of amides is 1. The van der Waals surface area contributed by atoms with Crippen molar-refractivity contribution >= 4 is 5.91 Å². The molecule has 1 amide bonds. The van der Waals surface area contributed by atoms with Crippen LogP contribution in [0.4, 0.5) is 0 Å². The van der Waals surface area contributed by atoms with Gasteiger partial charge in [-0.1, -0.05) is 12.1 Å². The Morgan fingerprint density at radius 1 is 1.20 bits per heavy atom. The maximum atomic E-state index is 11.5. The summed E-state index contributed by atoms with van der Waals surface area (Å²) in [4.78, 5) is 11.5. The normalized spacial score (nSPS) is 13.7. The van der Waals surface area contributed by atoms with Crippen molar-refractivity contribution in [1.29, 1.82) is 0 Å². The largest absolute Gasteiger partial charge is 0.472 e. The number of fused-ring (bicyclic) bond motifs is 1. The molecule has 2 heterocycles. The van der Waals surface area contributed by atoms with Crippen molar-refractivity contribution in [2.75, 3.05) is 0 Å². The molecule has 0 fully saturated rings. The van der Waals surface area contributed by atoms with Crippen LogP contribution in [0.1, 0.15) is 15.9 Å². The molecule has 0 unspecified atom stereocenters. The van der Waals surface area contributed by atoms with E-state index in [2.05, 4.69) is 5.32 Å². The van der Waals surface area contributed by atoms with E-state index < -0.39 is 0 Å². The molecule has 0 atom stereocenters. The van der Waals surface area contributed by atoms with Crippen LogP contribution >= 0.6 is 0 Å². The fourth-order valence-corrected chi connectivity index (χ4v) is 1.94. The van der Waals surface area contributed by atoms with Gasteiger partial charge in [-0.05, 0) is 23.3 Å². The molecule has 3 rings (SSSR count). The highest BCUT2D eigenvalue weighted by Gasteiger charge is 2.21. The lowest BCUT2D eigenvalue weighted by molar-refractivity contribution is 0.0966. The summed E-state index contributed by atoms with van der Waals surface area (Å²) in [5.74, 6) is 0.00958. The molecule has 15 heavy (non-hydrogen) atoms. The second-order valence-corrected chi connectivity index (χ2v) is 3.53. The second kappa shape index (κ2) is 2.98. The molecule has 3 nitrogen and oxygen atoms in total. The summed E-state index contributed by atoms with van der Waals surface area (Å²) < 4.78 is 5.05. The van der Waals surface area contributed by atoms with Crippen LogP contribution in [-0.4, -0.2) is 5.91 Å². The number of benzene rings is 1. The lowest BCUT2D eigenvalue weighted by atomic mass is 9.99. The zero-order valence-corrected chi connectivity index (χ0v) is 7.99. The average molecular weight is 199 g/mol. The molecule has 1 aliphatic heterocycles. The van der Waals surface area contributed by atoms with E-state index in [1.54, 1.807) is 12.5 Å². The maximum Gasteiger partial charge on any atom is 0.251 e. The number of carbonyl (C=O) groups excluding carboxylic acids is 1. The lowest BCUT2D eigenvalue weighted by Crippen LogP contribution is -2.12. The average Bonchev–Trinajstić information content (AvgIpc) is 2.88. The van der Waals surface area contributed by atoms with Crippen molar-refractivity contribution in [3.8, 4) is 11.1 Å². The van der Waals surface area contributed by atoms with Crippen LogP contribution in [0, 0.1) is 0 Å². The van der Waals surface area contributed by atoms with Crippen molar-refractivity contribution in [3.05, 3.63) is 47.9 Å². The predicted octanol–water partition coefficient (Wildman–Crippen LogP) is 2.19. The number of nitrogens with one attached hydrogen (secondary N) is 1. The van der Waals surface area contributed by atoms with E-state index in [9.17, 15) is 4.79 Å². The number of carbonyl (C=O) groups is 1. The van der Waals surface area contributed by atoms with E-state index in [0.717, 1.165) is 22.3 Å². The molecule has 0 saturated heterocycles. The molecule has 0 radical (unpaired) electrons. The Kier molecular flexibility index (Phi) is 1.65. The van der Waals surface area contributed by atoms with Gasteiger partial charge in [0.1, 0.15) is 0 Å². The smallest absolute Gasteiger partial charge is 0.251 e. The molecule has 0 saturated carbocycles. The van der Waals surface area contributed by atoms with E-state index in [-0.39, 0.29) is 5.91 Å². The third-order valence-corrected chi connectivity index (χ3v) is 2.68. The second-order valence-electron chi connectivity index (χ2n) is 3.53. The van der Waals surface area contributed by atoms with Crippen LogP contribution in [0.5, 0.6) is 0 Å². The number of hydrogen-bond donors (Lipinski definition) is 1. The Labute approximate surface area is 86.7 Å². The molecular weight excluding hydrogens is 190 g/mol. The Morgan fingerprint density at radius 3 is 2.87 bits per heavy atom. The third kappa shape index (κ3) is 1.16. The topological polar surface area (TPSA) is 42.2 Å². The first-order chi connectivity index (χ1) is 7.36. The maximum absolute atomic E-state index is 11.5. The molecule has 0 bridgehead atoms. The van der Waals surface area contributed by atoms with Crippen LogP contribution in [0.2, 0.25) is 0 Å². The quantitative estimate of drug-likeness (QED) is 0.764.